The van der Waals surface area contributed by atoms with E-state index in [2.05, 4.69) is 30.0 Å². The SMILES string of the molecule is CC(c1cccc(N)c1)N(C)CCn1cccn1. The zero-order valence-electron chi connectivity index (χ0n) is 11.0. The van der Waals surface area contributed by atoms with Crippen molar-refractivity contribution in [2.24, 2.45) is 0 Å². The molecule has 1 unspecified atom stereocenters. The summed E-state index contributed by atoms with van der Waals surface area (Å²) in [6.45, 7) is 4.05. The first-order chi connectivity index (χ1) is 8.66. The number of hydrogen-bond acceptors (Lipinski definition) is 3. The molecule has 0 saturated heterocycles. The lowest BCUT2D eigenvalue weighted by Gasteiger charge is -2.25. The molecular weight excluding hydrogens is 224 g/mol. The van der Waals surface area contributed by atoms with Crippen LogP contribution in [0.3, 0.4) is 0 Å². The molecule has 1 atom stereocenters. The van der Waals surface area contributed by atoms with Crippen molar-refractivity contribution in [2.45, 2.75) is 19.5 Å². The Kier molecular flexibility index (Phi) is 3.99. The van der Waals surface area contributed by atoms with Crippen LogP contribution in [0.4, 0.5) is 5.69 Å². The van der Waals surface area contributed by atoms with Crippen LogP contribution >= 0.6 is 0 Å². The van der Waals surface area contributed by atoms with Gasteiger partial charge in [0.05, 0.1) is 6.54 Å². The fraction of sp³-hybridized carbons (Fsp3) is 0.357. The molecule has 0 fully saturated rings. The standard InChI is InChI=1S/C14H20N4/c1-12(13-5-3-6-14(15)11-13)17(2)9-10-18-8-4-7-16-18/h3-8,11-12H,9-10,15H2,1-2H3. The first-order valence-electron chi connectivity index (χ1n) is 6.20. The second-order valence-corrected chi connectivity index (χ2v) is 4.60. The van der Waals surface area contributed by atoms with Gasteiger partial charge in [-0.2, -0.15) is 5.10 Å². The monoisotopic (exact) mass is 244 g/mol. The third-order valence-corrected chi connectivity index (χ3v) is 3.30. The van der Waals surface area contributed by atoms with Crippen LogP contribution < -0.4 is 5.73 Å². The maximum absolute atomic E-state index is 5.82. The highest BCUT2D eigenvalue weighted by molar-refractivity contribution is 5.41. The Morgan fingerprint density at radius 3 is 2.89 bits per heavy atom. The number of benzene rings is 1. The Bertz CT molecular complexity index is 478. The molecule has 0 saturated carbocycles. The minimum Gasteiger partial charge on any atom is -0.399 e. The number of aromatic nitrogens is 2. The lowest BCUT2D eigenvalue weighted by molar-refractivity contribution is 0.247. The fourth-order valence-electron chi connectivity index (χ4n) is 1.96. The molecule has 0 spiro atoms. The number of nitrogens with two attached hydrogens (primary N) is 1. The summed E-state index contributed by atoms with van der Waals surface area (Å²) in [6, 6.07) is 10.4. The molecule has 2 rings (SSSR count). The summed E-state index contributed by atoms with van der Waals surface area (Å²) >= 11 is 0. The van der Waals surface area contributed by atoms with Crippen LogP contribution in [0.15, 0.2) is 42.7 Å². The van der Waals surface area contributed by atoms with Gasteiger partial charge in [-0.3, -0.25) is 9.58 Å². The first kappa shape index (κ1) is 12.6. The third-order valence-electron chi connectivity index (χ3n) is 3.30. The van der Waals surface area contributed by atoms with E-state index < -0.39 is 0 Å². The van der Waals surface area contributed by atoms with Gasteiger partial charge in [0.15, 0.2) is 0 Å². The lowest BCUT2D eigenvalue weighted by Crippen LogP contribution is -2.26. The molecule has 0 bridgehead atoms. The highest BCUT2D eigenvalue weighted by Gasteiger charge is 2.11. The van der Waals surface area contributed by atoms with Gasteiger partial charge in [0, 0.05) is 30.7 Å². The van der Waals surface area contributed by atoms with Gasteiger partial charge in [-0.25, -0.2) is 0 Å². The van der Waals surface area contributed by atoms with Crippen molar-refractivity contribution in [2.75, 3.05) is 19.3 Å². The molecule has 18 heavy (non-hydrogen) atoms. The molecule has 2 N–H and O–H groups in total. The van der Waals surface area contributed by atoms with Crippen molar-refractivity contribution in [3.05, 3.63) is 48.3 Å². The Hall–Kier alpha value is -1.81. The Morgan fingerprint density at radius 2 is 2.22 bits per heavy atom. The van der Waals surface area contributed by atoms with Crippen molar-refractivity contribution in [3.8, 4) is 0 Å². The van der Waals surface area contributed by atoms with E-state index >= 15 is 0 Å². The zero-order chi connectivity index (χ0) is 13.0. The molecular formula is C14H20N4. The summed E-state index contributed by atoms with van der Waals surface area (Å²) in [5.74, 6) is 0. The minimum atomic E-state index is 0.351. The van der Waals surface area contributed by atoms with Gasteiger partial charge in [-0.1, -0.05) is 12.1 Å². The van der Waals surface area contributed by atoms with Crippen LogP contribution in [0.5, 0.6) is 0 Å². The summed E-state index contributed by atoms with van der Waals surface area (Å²) < 4.78 is 1.95. The number of nitrogens with zero attached hydrogens (tertiary/aromatic N) is 3. The van der Waals surface area contributed by atoms with Gasteiger partial charge in [0.25, 0.3) is 0 Å². The molecule has 1 aromatic heterocycles. The van der Waals surface area contributed by atoms with E-state index in [4.69, 9.17) is 5.73 Å². The predicted molar refractivity (Wildman–Crippen MR) is 74.1 cm³/mol. The van der Waals surface area contributed by atoms with Crippen LogP contribution in [-0.2, 0) is 6.54 Å². The summed E-state index contributed by atoms with van der Waals surface area (Å²) in [7, 11) is 2.12. The number of likely N-dealkylation sites (N-methyl/N-ethyl adjacent to an activating group) is 1. The van der Waals surface area contributed by atoms with Crippen LogP contribution in [0.25, 0.3) is 0 Å². The van der Waals surface area contributed by atoms with Gasteiger partial charge in [-0.15, -0.1) is 0 Å². The summed E-state index contributed by atoms with van der Waals surface area (Å²) in [6.07, 6.45) is 3.79. The van der Waals surface area contributed by atoms with Gasteiger partial charge in [-0.05, 0) is 37.7 Å². The molecule has 0 amide bonds. The minimum absolute atomic E-state index is 0.351. The molecule has 0 aliphatic carbocycles. The number of hydrogen-bond donors (Lipinski definition) is 1. The average Bonchev–Trinajstić information content (AvgIpc) is 2.88. The second kappa shape index (κ2) is 5.69. The molecule has 4 nitrogen and oxygen atoms in total. The topological polar surface area (TPSA) is 47.1 Å². The van der Waals surface area contributed by atoms with Crippen molar-refractivity contribution in [3.63, 3.8) is 0 Å². The van der Waals surface area contributed by atoms with Crippen molar-refractivity contribution in [1.82, 2.24) is 14.7 Å². The van der Waals surface area contributed by atoms with E-state index in [1.54, 1.807) is 6.20 Å². The van der Waals surface area contributed by atoms with Crippen LogP contribution in [0, 0.1) is 0 Å². The summed E-state index contributed by atoms with van der Waals surface area (Å²) in [5.41, 5.74) is 7.88. The highest BCUT2D eigenvalue weighted by atomic mass is 15.3. The number of anilines is 1. The Balaban J connectivity index is 1.94. The smallest absolute Gasteiger partial charge is 0.0536 e. The van der Waals surface area contributed by atoms with Crippen molar-refractivity contribution < 1.29 is 0 Å². The first-order valence-corrected chi connectivity index (χ1v) is 6.20. The maximum Gasteiger partial charge on any atom is 0.0536 e. The number of rotatable bonds is 5. The normalized spacial score (nSPS) is 12.8. The zero-order valence-corrected chi connectivity index (χ0v) is 11.0. The van der Waals surface area contributed by atoms with Gasteiger partial charge < -0.3 is 5.73 Å². The molecule has 4 heteroatoms. The second-order valence-electron chi connectivity index (χ2n) is 4.60. The van der Waals surface area contributed by atoms with Crippen LogP contribution in [-0.4, -0.2) is 28.3 Å². The van der Waals surface area contributed by atoms with E-state index in [1.807, 2.05) is 35.1 Å². The lowest BCUT2D eigenvalue weighted by atomic mass is 10.1. The van der Waals surface area contributed by atoms with E-state index in [-0.39, 0.29) is 0 Å². The molecule has 0 aliphatic rings. The average molecular weight is 244 g/mol. The predicted octanol–water partition coefficient (Wildman–Crippen LogP) is 2.16. The summed E-state index contributed by atoms with van der Waals surface area (Å²) in [4.78, 5) is 2.30. The van der Waals surface area contributed by atoms with Gasteiger partial charge >= 0.3 is 0 Å². The van der Waals surface area contributed by atoms with E-state index in [1.165, 1.54) is 5.56 Å². The fourth-order valence-corrected chi connectivity index (χ4v) is 1.96. The van der Waals surface area contributed by atoms with Gasteiger partial charge in [0.2, 0.25) is 0 Å². The van der Waals surface area contributed by atoms with Crippen LogP contribution in [0.2, 0.25) is 0 Å². The molecule has 0 radical (unpaired) electrons. The highest BCUT2D eigenvalue weighted by Crippen LogP contribution is 2.20. The number of nitrogen functional groups attached to an aromatic ring is 1. The maximum atomic E-state index is 5.82. The van der Waals surface area contributed by atoms with E-state index in [0.717, 1.165) is 18.8 Å². The van der Waals surface area contributed by atoms with E-state index in [9.17, 15) is 0 Å². The quantitative estimate of drug-likeness (QED) is 0.820. The molecule has 96 valence electrons. The molecule has 2 aromatic rings. The Labute approximate surface area is 108 Å². The van der Waals surface area contributed by atoms with Gasteiger partial charge in [0.1, 0.15) is 0 Å². The molecule has 1 heterocycles. The Morgan fingerprint density at radius 1 is 1.39 bits per heavy atom. The van der Waals surface area contributed by atoms with Crippen molar-refractivity contribution in [1.29, 1.82) is 0 Å². The summed E-state index contributed by atoms with van der Waals surface area (Å²) in [5, 5.41) is 4.20. The van der Waals surface area contributed by atoms with E-state index in [0.29, 0.717) is 6.04 Å². The van der Waals surface area contributed by atoms with Crippen molar-refractivity contribution >= 4 is 5.69 Å². The van der Waals surface area contributed by atoms with Crippen LogP contribution in [0.1, 0.15) is 18.5 Å². The molecule has 0 aliphatic heterocycles. The molecule has 1 aromatic carbocycles. The third kappa shape index (κ3) is 3.11. The largest absolute Gasteiger partial charge is 0.399 e.